The second kappa shape index (κ2) is 12.6. The molecule has 1 saturated heterocycles. The molecule has 1 aliphatic rings. The first kappa shape index (κ1) is 27.8. The van der Waals surface area contributed by atoms with Gasteiger partial charge < -0.3 is 21.1 Å². The van der Waals surface area contributed by atoms with Crippen molar-refractivity contribution < 1.29 is 19.5 Å². The Hall–Kier alpha value is -4.76. The van der Waals surface area contributed by atoms with Crippen LogP contribution < -0.4 is 16.4 Å². The molecule has 5 rings (SSSR count). The fourth-order valence-electron chi connectivity index (χ4n) is 5.59. The van der Waals surface area contributed by atoms with Crippen LogP contribution in [-0.4, -0.2) is 57.9 Å². The lowest BCUT2D eigenvalue weighted by Crippen LogP contribution is -2.55. The number of hydrogen-bond donors (Lipinski definition) is 4. The number of aliphatic carboxylic acids is 1. The molecule has 0 spiro atoms. The Morgan fingerprint density at radius 3 is 2.32 bits per heavy atom. The van der Waals surface area contributed by atoms with Crippen molar-refractivity contribution >= 4 is 34.4 Å². The molecule has 41 heavy (non-hydrogen) atoms. The largest absolute Gasteiger partial charge is 0.480 e. The number of rotatable bonds is 10. The molecule has 210 valence electrons. The molecule has 0 radical (unpaired) electrons. The van der Waals surface area contributed by atoms with E-state index in [1.165, 1.54) is 0 Å². The molecule has 1 unspecified atom stereocenters. The number of hydrogen-bond acceptors (Lipinski definition) is 6. The van der Waals surface area contributed by atoms with Crippen LogP contribution in [0.25, 0.3) is 10.8 Å². The fraction of sp³-hybridized carbons (Fsp3) is 0.250. The number of carbonyl (C=O) groups excluding carboxylic acids is 2. The van der Waals surface area contributed by atoms with Crippen molar-refractivity contribution in [1.82, 2.24) is 20.5 Å². The van der Waals surface area contributed by atoms with E-state index in [4.69, 9.17) is 5.73 Å². The molecule has 0 bridgehead atoms. The van der Waals surface area contributed by atoms with Gasteiger partial charge in [-0.3, -0.25) is 19.7 Å². The summed E-state index contributed by atoms with van der Waals surface area (Å²) >= 11 is 0. The Bertz CT molecular complexity index is 1490. The van der Waals surface area contributed by atoms with Crippen LogP contribution in [-0.2, 0) is 20.9 Å². The number of likely N-dealkylation sites (tertiary alicyclic amines) is 1. The van der Waals surface area contributed by atoms with E-state index in [2.05, 4.69) is 15.6 Å². The first-order chi connectivity index (χ1) is 19.9. The van der Waals surface area contributed by atoms with E-state index < -0.39 is 24.0 Å². The predicted octanol–water partition coefficient (Wildman–Crippen LogP) is 3.30. The van der Waals surface area contributed by atoms with Crippen molar-refractivity contribution in [3.8, 4) is 0 Å². The lowest BCUT2D eigenvalue weighted by atomic mass is 9.84. The van der Waals surface area contributed by atoms with Gasteiger partial charge in [-0.1, -0.05) is 72.8 Å². The summed E-state index contributed by atoms with van der Waals surface area (Å²) in [6.45, 7) is 0.326. The van der Waals surface area contributed by atoms with Crippen LogP contribution in [0.2, 0.25) is 0 Å². The van der Waals surface area contributed by atoms with E-state index in [-0.39, 0.29) is 18.4 Å². The molecule has 4 aromatic rings. The van der Waals surface area contributed by atoms with Crippen LogP contribution in [0.5, 0.6) is 0 Å². The zero-order valence-corrected chi connectivity index (χ0v) is 22.6. The second-order valence-electron chi connectivity index (χ2n) is 10.2. The van der Waals surface area contributed by atoms with Crippen LogP contribution >= 0.6 is 0 Å². The van der Waals surface area contributed by atoms with Gasteiger partial charge in [-0.25, -0.2) is 4.98 Å². The van der Waals surface area contributed by atoms with Gasteiger partial charge in [0.2, 0.25) is 11.8 Å². The fourth-order valence-corrected chi connectivity index (χ4v) is 5.59. The standard InChI is InChI=1S/C32H33N5O4/c33-30-25-14-13-21(18-24(25)15-16-34-30)19-36-31(40)26-12-7-17-37(26)32(41)29(35-20-27(38)39)28(22-8-3-1-4-9-22)23-10-5-2-6-11-23/h1-6,8-11,13-16,18,26,28-29,35H,7,12,17,19-20H2,(H2,33,34)(H,36,40)(H,38,39)/t26-,29?/m0/s1. The maximum Gasteiger partial charge on any atom is 0.317 e. The molecule has 0 aliphatic carbocycles. The quantitative estimate of drug-likeness (QED) is 0.237. The Morgan fingerprint density at radius 2 is 1.66 bits per heavy atom. The summed E-state index contributed by atoms with van der Waals surface area (Å²) in [6, 6.07) is 25.2. The molecular weight excluding hydrogens is 518 g/mol. The summed E-state index contributed by atoms with van der Waals surface area (Å²) < 4.78 is 0. The number of fused-ring (bicyclic) bond motifs is 1. The highest BCUT2D eigenvalue weighted by atomic mass is 16.4. The second-order valence-corrected chi connectivity index (χ2v) is 10.2. The minimum Gasteiger partial charge on any atom is -0.480 e. The SMILES string of the molecule is Nc1nccc2cc(CNC(=O)[C@@H]3CCCN3C(=O)C(NCC(=O)O)C(c3ccccc3)c3ccccc3)ccc12. The molecule has 1 aromatic heterocycles. The lowest BCUT2D eigenvalue weighted by Gasteiger charge is -2.33. The smallest absolute Gasteiger partial charge is 0.317 e. The number of anilines is 1. The van der Waals surface area contributed by atoms with Crippen molar-refractivity contribution in [3.05, 3.63) is 108 Å². The Balaban J connectivity index is 1.37. The number of carbonyl (C=O) groups is 3. The van der Waals surface area contributed by atoms with Crippen molar-refractivity contribution in [2.24, 2.45) is 0 Å². The van der Waals surface area contributed by atoms with E-state index in [1.54, 1.807) is 11.1 Å². The first-order valence-electron chi connectivity index (χ1n) is 13.7. The summed E-state index contributed by atoms with van der Waals surface area (Å²) in [6.07, 6.45) is 2.86. The van der Waals surface area contributed by atoms with Crippen molar-refractivity contribution in [2.45, 2.75) is 37.4 Å². The summed E-state index contributed by atoms with van der Waals surface area (Å²) in [5, 5.41) is 17.2. The minimum atomic E-state index is -1.06. The van der Waals surface area contributed by atoms with E-state index in [0.717, 1.165) is 27.5 Å². The number of carboxylic acids is 1. The average molecular weight is 552 g/mol. The third-order valence-corrected chi connectivity index (χ3v) is 7.55. The number of carboxylic acid groups (broad SMARTS) is 1. The maximum atomic E-state index is 14.2. The molecule has 0 saturated carbocycles. The number of nitrogen functional groups attached to an aromatic ring is 1. The molecule has 1 fully saturated rings. The lowest BCUT2D eigenvalue weighted by molar-refractivity contribution is -0.141. The highest BCUT2D eigenvalue weighted by Crippen LogP contribution is 2.31. The number of aromatic nitrogens is 1. The number of benzene rings is 3. The van der Waals surface area contributed by atoms with Gasteiger partial charge in [-0.15, -0.1) is 0 Å². The highest BCUT2D eigenvalue weighted by Gasteiger charge is 2.40. The molecule has 3 aromatic carbocycles. The van der Waals surface area contributed by atoms with Crippen molar-refractivity contribution in [1.29, 1.82) is 0 Å². The van der Waals surface area contributed by atoms with E-state index >= 15 is 0 Å². The molecular formula is C32H33N5O4. The van der Waals surface area contributed by atoms with Crippen LogP contribution in [0.4, 0.5) is 5.82 Å². The highest BCUT2D eigenvalue weighted by molar-refractivity contribution is 5.92. The van der Waals surface area contributed by atoms with Gasteiger partial charge in [0.25, 0.3) is 0 Å². The van der Waals surface area contributed by atoms with E-state index in [0.29, 0.717) is 31.7 Å². The van der Waals surface area contributed by atoms with E-state index in [1.807, 2.05) is 84.9 Å². The van der Waals surface area contributed by atoms with Gasteiger partial charge in [0.05, 0.1) is 12.6 Å². The zero-order valence-electron chi connectivity index (χ0n) is 22.6. The van der Waals surface area contributed by atoms with Crippen molar-refractivity contribution in [3.63, 3.8) is 0 Å². The molecule has 5 N–H and O–H groups in total. The molecule has 2 atom stereocenters. The summed E-state index contributed by atoms with van der Waals surface area (Å²) in [5.74, 6) is -1.60. The van der Waals surface area contributed by atoms with Crippen LogP contribution in [0, 0.1) is 0 Å². The number of amides is 2. The number of nitrogens with one attached hydrogen (secondary N) is 2. The average Bonchev–Trinajstić information content (AvgIpc) is 3.49. The van der Waals surface area contributed by atoms with Crippen molar-refractivity contribution in [2.75, 3.05) is 18.8 Å². The summed E-state index contributed by atoms with van der Waals surface area (Å²) in [5.41, 5.74) is 8.62. The predicted molar refractivity (Wildman–Crippen MR) is 157 cm³/mol. The van der Waals surface area contributed by atoms with Crippen LogP contribution in [0.3, 0.4) is 0 Å². The maximum absolute atomic E-state index is 14.2. The number of nitrogens with zero attached hydrogens (tertiary/aromatic N) is 2. The van der Waals surface area contributed by atoms with Crippen LogP contribution in [0.15, 0.2) is 91.1 Å². The van der Waals surface area contributed by atoms with Gasteiger partial charge in [0.15, 0.2) is 0 Å². The molecule has 2 amide bonds. The molecule has 2 heterocycles. The Labute approximate surface area is 238 Å². The Kier molecular flexibility index (Phi) is 8.55. The Morgan fingerprint density at radius 1 is 0.976 bits per heavy atom. The van der Waals surface area contributed by atoms with Gasteiger partial charge in [-0.2, -0.15) is 0 Å². The topological polar surface area (TPSA) is 138 Å². The van der Waals surface area contributed by atoms with Gasteiger partial charge >= 0.3 is 5.97 Å². The monoisotopic (exact) mass is 551 g/mol. The molecule has 1 aliphatic heterocycles. The number of pyridine rings is 1. The third-order valence-electron chi connectivity index (χ3n) is 7.55. The molecule has 9 heteroatoms. The van der Waals surface area contributed by atoms with Gasteiger partial charge in [-0.05, 0) is 47.1 Å². The third kappa shape index (κ3) is 6.36. The van der Waals surface area contributed by atoms with Crippen LogP contribution in [0.1, 0.15) is 35.4 Å². The zero-order chi connectivity index (χ0) is 28.8. The summed E-state index contributed by atoms with van der Waals surface area (Å²) in [7, 11) is 0. The number of nitrogens with two attached hydrogens (primary N) is 1. The van der Waals surface area contributed by atoms with Gasteiger partial charge in [0, 0.05) is 30.6 Å². The molecule has 9 nitrogen and oxygen atoms in total. The first-order valence-corrected chi connectivity index (χ1v) is 13.7. The van der Waals surface area contributed by atoms with E-state index in [9.17, 15) is 19.5 Å². The minimum absolute atomic E-state index is 0.238. The van der Waals surface area contributed by atoms with Gasteiger partial charge in [0.1, 0.15) is 11.9 Å². The summed E-state index contributed by atoms with van der Waals surface area (Å²) in [4.78, 5) is 44.9. The normalized spacial score (nSPS) is 15.6.